The fourth-order valence-corrected chi connectivity index (χ4v) is 1.80. The molecule has 2 aromatic rings. The van der Waals surface area contributed by atoms with Gasteiger partial charge in [0.15, 0.2) is 0 Å². The number of aliphatic hydroxyl groups excluding tert-OH is 1. The summed E-state index contributed by atoms with van der Waals surface area (Å²) in [6.45, 7) is -0.193. The Morgan fingerprint density at radius 1 is 0.842 bits per heavy atom. The monoisotopic (exact) mass is 258 g/mol. The maximum Gasteiger partial charge on any atom is 0.119 e. The highest BCUT2D eigenvalue weighted by Crippen LogP contribution is 2.25. The number of aromatic hydroxyl groups is 3. The summed E-state index contributed by atoms with van der Waals surface area (Å²) in [6, 6.07) is 10.6. The van der Waals surface area contributed by atoms with E-state index in [9.17, 15) is 20.4 Å². The summed E-state index contributed by atoms with van der Waals surface area (Å²) in [5, 5.41) is 37.4. The maximum atomic E-state index is 9.40. The molecule has 19 heavy (non-hydrogen) atoms. The third-order valence-electron chi connectivity index (χ3n) is 2.67. The van der Waals surface area contributed by atoms with Crippen LogP contribution in [0.3, 0.4) is 0 Å². The molecular weight excluding hydrogens is 244 g/mol. The molecule has 98 valence electrons. The quantitative estimate of drug-likeness (QED) is 0.637. The van der Waals surface area contributed by atoms with Crippen LogP contribution in [0.15, 0.2) is 42.5 Å². The van der Waals surface area contributed by atoms with Gasteiger partial charge in [-0.15, -0.1) is 0 Å². The number of benzene rings is 2. The molecule has 0 fully saturated rings. The van der Waals surface area contributed by atoms with E-state index in [-0.39, 0.29) is 23.9 Å². The van der Waals surface area contributed by atoms with Crippen molar-refractivity contribution in [2.24, 2.45) is 0 Å². The van der Waals surface area contributed by atoms with Gasteiger partial charge in [0.25, 0.3) is 0 Å². The van der Waals surface area contributed by atoms with Crippen molar-refractivity contribution in [2.75, 3.05) is 6.61 Å². The first-order valence-electron chi connectivity index (χ1n) is 5.72. The van der Waals surface area contributed by atoms with Crippen LogP contribution in [0, 0.1) is 0 Å². The molecule has 2 rings (SSSR count). The van der Waals surface area contributed by atoms with Crippen LogP contribution in [0.1, 0.15) is 11.1 Å². The number of phenolic OH excluding ortho intramolecular Hbond substituents is 3. The van der Waals surface area contributed by atoms with E-state index in [1.165, 1.54) is 30.3 Å². The Bertz CT molecular complexity index is 580. The van der Waals surface area contributed by atoms with Crippen molar-refractivity contribution in [2.45, 2.75) is 0 Å². The van der Waals surface area contributed by atoms with Gasteiger partial charge in [-0.25, -0.2) is 0 Å². The second-order valence-electron chi connectivity index (χ2n) is 4.16. The zero-order chi connectivity index (χ0) is 13.8. The Morgan fingerprint density at radius 3 is 1.95 bits per heavy atom. The lowest BCUT2D eigenvalue weighted by Gasteiger charge is -2.06. The zero-order valence-electron chi connectivity index (χ0n) is 10.1. The Hall–Kier alpha value is -2.46. The van der Waals surface area contributed by atoms with Gasteiger partial charge in [0.1, 0.15) is 17.2 Å². The average molecular weight is 258 g/mol. The molecule has 0 aliphatic rings. The summed E-state index contributed by atoms with van der Waals surface area (Å²) >= 11 is 0. The van der Waals surface area contributed by atoms with Gasteiger partial charge in [-0.05, 0) is 47.0 Å². The number of aliphatic hydroxyl groups is 1. The molecule has 4 nitrogen and oxygen atoms in total. The fourth-order valence-electron chi connectivity index (χ4n) is 1.80. The molecule has 4 N–H and O–H groups in total. The highest BCUT2D eigenvalue weighted by atomic mass is 16.3. The van der Waals surface area contributed by atoms with Crippen LogP contribution >= 0.6 is 0 Å². The van der Waals surface area contributed by atoms with Gasteiger partial charge in [-0.3, -0.25) is 0 Å². The predicted molar refractivity (Wildman–Crippen MR) is 72.8 cm³/mol. The predicted octanol–water partition coefficient (Wildman–Crippen LogP) is 2.34. The minimum Gasteiger partial charge on any atom is -0.508 e. The molecule has 0 radical (unpaired) electrons. The number of rotatable bonds is 3. The Balaban J connectivity index is 2.40. The van der Waals surface area contributed by atoms with Crippen molar-refractivity contribution in [3.8, 4) is 17.2 Å². The molecule has 0 spiro atoms. The van der Waals surface area contributed by atoms with Crippen LogP contribution in [-0.2, 0) is 0 Å². The maximum absolute atomic E-state index is 9.40. The SMILES string of the molecule is OC/C(=C/c1cc(O)cc(O)c1)c1ccc(O)cc1. The molecule has 0 bridgehead atoms. The third kappa shape index (κ3) is 3.26. The lowest BCUT2D eigenvalue weighted by atomic mass is 10.0. The molecule has 0 saturated carbocycles. The highest BCUT2D eigenvalue weighted by molar-refractivity contribution is 5.82. The summed E-state index contributed by atoms with van der Waals surface area (Å²) in [7, 11) is 0. The van der Waals surface area contributed by atoms with Crippen molar-refractivity contribution in [1.29, 1.82) is 0 Å². The van der Waals surface area contributed by atoms with Crippen molar-refractivity contribution in [3.63, 3.8) is 0 Å². The Kier molecular flexibility index (Phi) is 3.73. The van der Waals surface area contributed by atoms with Crippen LogP contribution in [-0.4, -0.2) is 27.0 Å². The molecule has 0 unspecified atom stereocenters. The average Bonchev–Trinajstić information content (AvgIpc) is 2.36. The third-order valence-corrected chi connectivity index (χ3v) is 2.67. The van der Waals surface area contributed by atoms with Crippen LogP contribution in [0.5, 0.6) is 17.2 Å². The molecular formula is C15H14O4. The minimum absolute atomic E-state index is 0.0470. The molecule has 0 aliphatic carbocycles. The first-order valence-corrected chi connectivity index (χ1v) is 5.72. The summed E-state index contributed by atoms with van der Waals surface area (Å²) in [5.74, 6) is 0.0551. The summed E-state index contributed by atoms with van der Waals surface area (Å²) in [5.41, 5.74) is 1.95. The Labute approximate surface area is 110 Å². The summed E-state index contributed by atoms with van der Waals surface area (Å²) < 4.78 is 0. The molecule has 0 atom stereocenters. The molecule has 0 aliphatic heterocycles. The van der Waals surface area contributed by atoms with E-state index in [0.29, 0.717) is 11.1 Å². The van der Waals surface area contributed by atoms with E-state index in [1.54, 1.807) is 18.2 Å². The minimum atomic E-state index is -0.193. The second-order valence-corrected chi connectivity index (χ2v) is 4.16. The van der Waals surface area contributed by atoms with Gasteiger partial charge < -0.3 is 20.4 Å². The number of phenols is 3. The topological polar surface area (TPSA) is 80.9 Å². The lowest BCUT2D eigenvalue weighted by Crippen LogP contribution is -1.90. The van der Waals surface area contributed by atoms with Crippen LogP contribution in [0.2, 0.25) is 0 Å². The normalized spacial score (nSPS) is 11.5. The first-order chi connectivity index (χ1) is 9.08. The van der Waals surface area contributed by atoms with Crippen molar-refractivity contribution >= 4 is 11.6 Å². The van der Waals surface area contributed by atoms with Gasteiger partial charge in [0, 0.05) is 6.07 Å². The van der Waals surface area contributed by atoms with Gasteiger partial charge in [-0.1, -0.05) is 12.1 Å². The first kappa shape index (κ1) is 13.0. The van der Waals surface area contributed by atoms with Gasteiger partial charge in [0.2, 0.25) is 0 Å². The number of hydrogen-bond donors (Lipinski definition) is 4. The van der Waals surface area contributed by atoms with Crippen LogP contribution in [0.4, 0.5) is 0 Å². The van der Waals surface area contributed by atoms with Crippen molar-refractivity contribution < 1.29 is 20.4 Å². The van der Waals surface area contributed by atoms with E-state index < -0.39 is 0 Å². The van der Waals surface area contributed by atoms with E-state index >= 15 is 0 Å². The molecule has 0 amide bonds. The van der Waals surface area contributed by atoms with Gasteiger partial charge in [0.05, 0.1) is 6.61 Å². The molecule has 0 saturated heterocycles. The zero-order valence-corrected chi connectivity index (χ0v) is 10.1. The van der Waals surface area contributed by atoms with Crippen molar-refractivity contribution in [1.82, 2.24) is 0 Å². The second kappa shape index (κ2) is 5.46. The van der Waals surface area contributed by atoms with Crippen molar-refractivity contribution in [3.05, 3.63) is 53.6 Å². The standard InChI is InChI=1S/C15H14O4/c16-9-12(11-1-3-13(17)4-2-11)5-10-6-14(18)8-15(19)7-10/h1-8,16-19H,9H2/b12-5-. The van der Waals surface area contributed by atoms with E-state index in [0.717, 1.165) is 5.56 Å². The summed E-state index contributed by atoms with van der Waals surface area (Å²) in [6.07, 6.45) is 1.66. The summed E-state index contributed by atoms with van der Waals surface area (Å²) in [4.78, 5) is 0. The van der Waals surface area contributed by atoms with Crippen LogP contribution in [0.25, 0.3) is 11.6 Å². The molecule has 0 aromatic heterocycles. The highest BCUT2D eigenvalue weighted by Gasteiger charge is 2.03. The van der Waals surface area contributed by atoms with Gasteiger partial charge in [-0.2, -0.15) is 0 Å². The number of hydrogen-bond acceptors (Lipinski definition) is 4. The van der Waals surface area contributed by atoms with E-state index in [1.807, 2.05) is 0 Å². The molecule has 4 heteroatoms. The van der Waals surface area contributed by atoms with E-state index in [4.69, 9.17) is 0 Å². The Morgan fingerprint density at radius 2 is 1.42 bits per heavy atom. The van der Waals surface area contributed by atoms with Gasteiger partial charge >= 0.3 is 0 Å². The van der Waals surface area contributed by atoms with Crippen LogP contribution < -0.4 is 0 Å². The lowest BCUT2D eigenvalue weighted by molar-refractivity contribution is 0.350. The molecule has 0 heterocycles. The molecule has 2 aromatic carbocycles. The largest absolute Gasteiger partial charge is 0.508 e. The smallest absolute Gasteiger partial charge is 0.119 e. The fraction of sp³-hybridized carbons (Fsp3) is 0.0667. The van der Waals surface area contributed by atoms with E-state index in [2.05, 4.69) is 0 Å².